The minimum Gasteiger partial charge on any atom is -0.478 e. The Bertz CT molecular complexity index is 979. The molecule has 0 aliphatic heterocycles. The molecule has 0 atom stereocenters. The number of rotatable bonds is 5. The Morgan fingerprint density at radius 1 is 1.18 bits per heavy atom. The maximum absolute atomic E-state index is 11.7. The van der Waals surface area contributed by atoms with Crippen molar-refractivity contribution in [1.82, 2.24) is 9.55 Å². The summed E-state index contributed by atoms with van der Waals surface area (Å²) in [6.07, 6.45) is 6.33. The molecule has 0 spiro atoms. The second-order valence-corrected chi connectivity index (χ2v) is 8.71. The number of aromatic carboxylic acids is 1. The van der Waals surface area contributed by atoms with Gasteiger partial charge in [0.15, 0.2) is 0 Å². The van der Waals surface area contributed by atoms with Gasteiger partial charge >= 0.3 is 5.97 Å². The Kier molecular flexibility index (Phi) is 5.36. The number of aromatic nitrogens is 2. The average Bonchev–Trinajstić information content (AvgIpc) is 3.29. The zero-order chi connectivity index (χ0) is 19.7. The highest BCUT2D eigenvalue weighted by molar-refractivity contribution is 7.13. The fraction of sp³-hybridized carbons (Fsp3) is 0.391. The van der Waals surface area contributed by atoms with Crippen LogP contribution in [0.25, 0.3) is 22.0 Å². The molecule has 3 aromatic rings. The van der Waals surface area contributed by atoms with E-state index in [0.717, 1.165) is 34.2 Å². The second-order valence-electron chi connectivity index (χ2n) is 7.85. The van der Waals surface area contributed by atoms with E-state index in [-0.39, 0.29) is 0 Å². The fourth-order valence-corrected chi connectivity index (χ4v) is 4.98. The predicted molar refractivity (Wildman–Crippen MR) is 114 cm³/mol. The molecule has 0 saturated heterocycles. The number of carboxylic acid groups (broad SMARTS) is 1. The smallest absolute Gasteiger partial charge is 0.337 e. The number of hydrogen-bond donors (Lipinski definition) is 1. The number of nitrogens with zero attached hydrogens (tertiary/aromatic N) is 2. The van der Waals surface area contributed by atoms with Gasteiger partial charge in [0, 0.05) is 23.2 Å². The SMILES string of the molecule is Cc1ccc(-c2nc(-c3cc(C(=O)O)c(C)n3CC3CCCCC3)cs2)cc1. The first-order chi connectivity index (χ1) is 13.5. The zero-order valence-electron chi connectivity index (χ0n) is 16.4. The standard InChI is InChI=1S/C23H26N2O2S/c1-15-8-10-18(11-9-15)22-24-20(14-28-22)21-12-19(23(26)27)16(2)25(21)13-17-6-4-3-5-7-17/h8-12,14,17H,3-7,13H2,1-2H3,(H,26,27). The van der Waals surface area contributed by atoms with E-state index in [1.807, 2.05) is 12.3 Å². The second kappa shape index (κ2) is 7.92. The number of hydrogen-bond acceptors (Lipinski definition) is 3. The Morgan fingerprint density at radius 2 is 1.89 bits per heavy atom. The van der Waals surface area contributed by atoms with Gasteiger partial charge in [-0.15, -0.1) is 11.3 Å². The molecule has 28 heavy (non-hydrogen) atoms. The van der Waals surface area contributed by atoms with Crippen molar-refractivity contribution in [2.75, 3.05) is 0 Å². The average molecular weight is 395 g/mol. The van der Waals surface area contributed by atoms with E-state index >= 15 is 0 Å². The van der Waals surface area contributed by atoms with Crippen molar-refractivity contribution in [2.45, 2.75) is 52.5 Å². The van der Waals surface area contributed by atoms with Gasteiger partial charge in [-0.2, -0.15) is 0 Å². The third-order valence-electron chi connectivity index (χ3n) is 5.83. The molecular formula is C23H26N2O2S. The van der Waals surface area contributed by atoms with Crippen LogP contribution in [0.3, 0.4) is 0 Å². The first kappa shape index (κ1) is 18.9. The molecule has 2 aromatic heterocycles. The van der Waals surface area contributed by atoms with Gasteiger partial charge in [0.1, 0.15) is 5.01 Å². The maximum Gasteiger partial charge on any atom is 0.337 e. The minimum absolute atomic E-state index is 0.385. The first-order valence-electron chi connectivity index (χ1n) is 9.99. The summed E-state index contributed by atoms with van der Waals surface area (Å²) < 4.78 is 2.19. The highest BCUT2D eigenvalue weighted by Gasteiger charge is 2.23. The van der Waals surface area contributed by atoms with Crippen molar-refractivity contribution in [3.63, 3.8) is 0 Å². The van der Waals surface area contributed by atoms with Crippen molar-refractivity contribution < 1.29 is 9.90 Å². The third-order valence-corrected chi connectivity index (χ3v) is 6.72. The molecule has 0 unspecified atom stereocenters. The van der Waals surface area contributed by atoms with Crippen LogP contribution >= 0.6 is 11.3 Å². The van der Waals surface area contributed by atoms with E-state index in [4.69, 9.17) is 4.98 Å². The number of benzene rings is 1. The van der Waals surface area contributed by atoms with E-state index in [2.05, 4.69) is 35.8 Å². The van der Waals surface area contributed by atoms with Crippen LogP contribution in [0.1, 0.15) is 53.7 Å². The Balaban J connectivity index is 1.71. The summed E-state index contributed by atoms with van der Waals surface area (Å²) in [5.41, 5.74) is 5.33. The highest BCUT2D eigenvalue weighted by Crippen LogP contribution is 2.34. The molecule has 0 radical (unpaired) electrons. The summed E-state index contributed by atoms with van der Waals surface area (Å²) in [6, 6.07) is 10.2. The van der Waals surface area contributed by atoms with Crippen molar-refractivity contribution in [1.29, 1.82) is 0 Å². The number of carboxylic acids is 1. The number of carbonyl (C=O) groups is 1. The van der Waals surface area contributed by atoms with Gasteiger partial charge < -0.3 is 9.67 Å². The van der Waals surface area contributed by atoms with Crippen LogP contribution in [-0.4, -0.2) is 20.6 Å². The monoisotopic (exact) mass is 394 g/mol. The lowest BCUT2D eigenvalue weighted by molar-refractivity contribution is 0.0696. The lowest BCUT2D eigenvalue weighted by Gasteiger charge is -2.24. The molecular weight excluding hydrogens is 368 g/mol. The molecule has 1 aliphatic carbocycles. The van der Waals surface area contributed by atoms with Crippen LogP contribution < -0.4 is 0 Å². The van der Waals surface area contributed by atoms with Gasteiger partial charge in [-0.25, -0.2) is 9.78 Å². The Hall–Kier alpha value is -2.40. The maximum atomic E-state index is 11.7. The van der Waals surface area contributed by atoms with Crippen molar-refractivity contribution in [3.8, 4) is 22.0 Å². The van der Waals surface area contributed by atoms with E-state index in [1.165, 1.54) is 37.7 Å². The van der Waals surface area contributed by atoms with Gasteiger partial charge in [-0.1, -0.05) is 49.1 Å². The van der Waals surface area contributed by atoms with Gasteiger partial charge in [0.25, 0.3) is 0 Å². The lowest BCUT2D eigenvalue weighted by atomic mass is 9.89. The van der Waals surface area contributed by atoms with Crippen LogP contribution in [0.5, 0.6) is 0 Å². The van der Waals surface area contributed by atoms with E-state index in [0.29, 0.717) is 11.5 Å². The van der Waals surface area contributed by atoms with E-state index in [1.54, 1.807) is 17.4 Å². The molecule has 1 aliphatic rings. The quantitative estimate of drug-likeness (QED) is 0.563. The predicted octanol–water partition coefficient (Wildman–Crippen LogP) is 6.17. The molecule has 1 fully saturated rings. The van der Waals surface area contributed by atoms with Gasteiger partial charge in [-0.05, 0) is 38.7 Å². The number of thiazole rings is 1. The van der Waals surface area contributed by atoms with Crippen molar-refractivity contribution >= 4 is 17.3 Å². The third kappa shape index (κ3) is 3.76. The van der Waals surface area contributed by atoms with Crippen LogP contribution in [0, 0.1) is 19.8 Å². The minimum atomic E-state index is -0.866. The molecule has 0 amide bonds. The highest BCUT2D eigenvalue weighted by atomic mass is 32.1. The fourth-order valence-electron chi connectivity index (χ4n) is 4.16. The zero-order valence-corrected chi connectivity index (χ0v) is 17.3. The molecule has 1 aromatic carbocycles. The molecule has 1 saturated carbocycles. The summed E-state index contributed by atoms with van der Waals surface area (Å²) in [5.74, 6) is -0.245. The molecule has 4 nitrogen and oxygen atoms in total. The van der Waals surface area contributed by atoms with E-state index < -0.39 is 5.97 Å². The number of aryl methyl sites for hydroxylation is 1. The molecule has 2 heterocycles. The largest absolute Gasteiger partial charge is 0.478 e. The van der Waals surface area contributed by atoms with E-state index in [9.17, 15) is 9.90 Å². The summed E-state index contributed by atoms with van der Waals surface area (Å²) in [4.78, 5) is 16.6. The van der Waals surface area contributed by atoms with Crippen LogP contribution in [0.4, 0.5) is 0 Å². The van der Waals surface area contributed by atoms with Crippen molar-refractivity contribution in [3.05, 3.63) is 52.5 Å². The van der Waals surface area contributed by atoms with Crippen LogP contribution in [0.15, 0.2) is 35.7 Å². The molecule has 1 N–H and O–H groups in total. The topological polar surface area (TPSA) is 55.1 Å². The molecule has 146 valence electrons. The van der Waals surface area contributed by atoms with Crippen molar-refractivity contribution in [2.24, 2.45) is 5.92 Å². The normalized spacial score (nSPS) is 15.1. The van der Waals surface area contributed by atoms with Gasteiger partial charge in [-0.3, -0.25) is 0 Å². The first-order valence-corrected chi connectivity index (χ1v) is 10.9. The Labute approximate surface area is 169 Å². The van der Waals surface area contributed by atoms with Gasteiger partial charge in [0.05, 0.1) is 17.0 Å². The summed E-state index contributed by atoms with van der Waals surface area (Å²) in [6.45, 7) is 4.88. The van der Waals surface area contributed by atoms with Crippen LogP contribution in [0.2, 0.25) is 0 Å². The van der Waals surface area contributed by atoms with Crippen LogP contribution in [-0.2, 0) is 6.54 Å². The summed E-state index contributed by atoms with van der Waals surface area (Å²) in [5, 5.41) is 12.7. The van der Waals surface area contributed by atoms with Gasteiger partial charge in [0.2, 0.25) is 0 Å². The Morgan fingerprint density at radius 3 is 2.57 bits per heavy atom. The summed E-state index contributed by atoms with van der Waals surface area (Å²) in [7, 11) is 0. The molecule has 5 heteroatoms. The molecule has 4 rings (SSSR count). The summed E-state index contributed by atoms with van der Waals surface area (Å²) >= 11 is 1.61. The molecule has 0 bridgehead atoms. The lowest BCUT2D eigenvalue weighted by Crippen LogP contribution is -2.16.